The van der Waals surface area contributed by atoms with Crippen LogP contribution in [0.25, 0.3) is 0 Å². The Balaban J connectivity index is 2.46. The number of hydrogen-bond donors (Lipinski definition) is 2. The Bertz CT molecular complexity index is 372. The van der Waals surface area contributed by atoms with Gasteiger partial charge in [-0.2, -0.15) is 0 Å². The summed E-state index contributed by atoms with van der Waals surface area (Å²) in [4.78, 5) is 0. The Morgan fingerprint density at radius 1 is 1.38 bits per heavy atom. The summed E-state index contributed by atoms with van der Waals surface area (Å²) < 4.78 is 0. The molecule has 0 bridgehead atoms. The molecule has 0 atom stereocenters. The van der Waals surface area contributed by atoms with Crippen LogP contribution in [0, 0.1) is 5.41 Å². The molecule has 0 aliphatic heterocycles. The predicted molar refractivity (Wildman–Crippen MR) is 75.1 cm³/mol. The SMILES string of the molecule is CC(C)(C)CNC(=S)Nc1cccc(Cl)c1. The van der Waals surface area contributed by atoms with Gasteiger partial charge in [-0.15, -0.1) is 0 Å². The van der Waals surface area contributed by atoms with Gasteiger partial charge in [-0.25, -0.2) is 0 Å². The van der Waals surface area contributed by atoms with Crippen LogP contribution >= 0.6 is 23.8 Å². The zero-order chi connectivity index (χ0) is 12.2. The van der Waals surface area contributed by atoms with E-state index in [-0.39, 0.29) is 5.41 Å². The molecule has 0 amide bonds. The van der Waals surface area contributed by atoms with Crippen LogP contribution < -0.4 is 10.6 Å². The van der Waals surface area contributed by atoms with E-state index < -0.39 is 0 Å². The molecular weight excluding hydrogens is 240 g/mol. The van der Waals surface area contributed by atoms with Crippen molar-refractivity contribution >= 4 is 34.6 Å². The molecule has 1 rings (SSSR count). The first kappa shape index (κ1) is 13.3. The molecule has 0 fully saturated rings. The van der Waals surface area contributed by atoms with Gasteiger partial charge in [-0.05, 0) is 35.8 Å². The van der Waals surface area contributed by atoms with E-state index >= 15 is 0 Å². The standard InChI is InChI=1S/C12H17ClN2S/c1-12(2,3)8-14-11(16)15-10-6-4-5-9(13)7-10/h4-7H,8H2,1-3H3,(H2,14,15,16). The number of halogens is 1. The van der Waals surface area contributed by atoms with Crippen molar-refractivity contribution in [2.75, 3.05) is 11.9 Å². The number of thiocarbonyl (C=S) groups is 1. The molecule has 0 spiro atoms. The highest BCUT2D eigenvalue weighted by atomic mass is 35.5. The van der Waals surface area contributed by atoms with Crippen LogP contribution in [-0.4, -0.2) is 11.7 Å². The zero-order valence-corrected chi connectivity index (χ0v) is 11.4. The summed E-state index contributed by atoms with van der Waals surface area (Å²) in [6.07, 6.45) is 0. The monoisotopic (exact) mass is 256 g/mol. The van der Waals surface area contributed by atoms with Crippen LogP contribution in [-0.2, 0) is 0 Å². The molecule has 0 heterocycles. The van der Waals surface area contributed by atoms with Gasteiger partial charge in [0.1, 0.15) is 0 Å². The van der Waals surface area contributed by atoms with Crippen LogP contribution in [0.3, 0.4) is 0 Å². The minimum Gasteiger partial charge on any atom is -0.362 e. The highest BCUT2D eigenvalue weighted by Crippen LogP contribution is 2.15. The van der Waals surface area contributed by atoms with Gasteiger partial charge in [0.25, 0.3) is 0 Å². The molecule has 0 unspecified atom stereocenters. The molecular formula is C12H17ClN2S. The summed E-state index contributed by atoms with van der Waals surface area (Å²) in [5.74, 6) is 0. The third-order valence-electron chi connectivity index (χ3n) is 1.86. The van der Waals surface area contributed by atoms with E-state index in [9.17, 15) is 0 Å². The van der Waals surface area contributed by atoms with Crippen molar-refractivity contribution in [1.29, 1.82) is 0 Å². The predicted octanol–water partition coefficient (Wildman–Crippen LogP) is 3.67. The van der Waals surface area contributed by atoms with E-state index in [1.807, 2.05) is 24.3 Å². The Hall–Kier alpha value is -0.800. The van der Waals surface area contributed by atoms with Crippen LogP contribution in [0.4, 0.5) is 5.69 Å². The van der Waals surface area contributed by atoms with E-state index in [1.54, 1.807) is 0 Å². The Kier molecular flexibility index (Phi) is 4.56. The van der Waals surface area contributed by atoms with Gasteiger partial charge in [0, 0.05) is 17.3 Å². The fraction of sp³-hybridized carbons (Fsp3) is 0.417. The lowest BCUT2D eigenvalue weighted by atomic mass is 9.97. The van der Waals surface area contributed by atoms with Gasteiger partial charge in [-0.1, -0.05) is 38.4 Å². The molecule has 1 aromatic rings. The maximum absolute atomic E-state index is 5.87. The third-order valence-corrected chi connectivity index (χ3v) is 2.34. The number of hydrogen-bond acceptors (Lipinski definition) is 1. The summed E-state index contributed by atoms with van der Waals surface area (Å²) in [5.41, 5.74) is 1.11. The largest absolute Gasteiger partial charge is 0.362 e. The smallest absolute Gasteiger partial charge is 0.170 e. The van der Waals surface area contributed by atoms with Crippen LogP contribution in [0.2, 0.25) is 5.02 Å². The minimum absolute atomic E-state index is 0.208. The van der Waals surface area contributed by atoms with Gasteiger partial charge < -0.3 is 10.6 Å². The molecule has 0 radical (unpaired) electrons. The molecule has 0 aliphatic carbocycles. The first-order valence-corrected chi connectivity index (χ1v) is 5.96. The lowest BCUT2D eigenvalue weighted by Gasteiger charge is -2.20. The van der Waals surface area contributed by atoms with Crippen molar-refractivity contribution in [3.05, 3.63) is 29.3 Å². The number of rotatable bonds is 2. The first-order chi connectivity index (χ1) is 7.37. The molecule has 2 nitrogen and oxygen atoms in total. The third kappa shape index (κ3) is 5.33. The molecule has 0 saturated heterocycles. The Morgan fingerprint density at radius 2 is 2.06 bits per heavy atom. The molecule has 88 valence electrons. The van der Waals surface area contributed by atoms with E-state index in [1.165, 1.54) is 0 Å². The van der Waals surface area contributed by atoms with Crippen molar-refractivity contribution in [1.82, 2.24) is 5.32 Å². The van der Waals surface area contributed by atoms with Gasteiger partial charge in [0.2, 0.25) is 0 Å². The lowest BCUT2D eigenvalue weighted by molar-refractivity contribution is 0.409. The van der Waals surface area contributed by atoms with Crippen molar-refractivity contribution in [2.45, 2.75) is 20.8 Å². The maximum Gasteiger partial charge on any atom is 0.170 e. The van der Waals surface area contributed by atoms with E-state index in [0.29, 0.717) is 10.1 Å². The highest BCUT2D eigenvalue weighted by molar-refractivity contribution is 7.80. The van der Waals surface area contributed by atoms with Gasteiger partial charge in [-0.3, -0.25) is 0 Å². The lowest BCUT2D eigenvalue weighted by Crippen LogP contribution is -2.35. The second kappa shape index (κ2) is 5.51. The van der Waals surface area contributed by atoms with E-state index in [4.69, 9.17) is 23.8 Å². The number of anilines is 1. The van der Waals surface area contributed by atoms with Crippen molar-refractivity contribution in [2.24, 2.45) is 5.41 Å². The summed E-state index contributed by atoms with van der Waals surface area (Å²) in [7, 11) is 0. The summed E-state index contributed by atoms with van der Waals surface area (Å²) in [5, 5.41) is 7.58. The van der Waals surface area contributed by atoms with Crippen LogP contribution in [0.1, 0.15) is 20.8 Å². The topological polar surface area (TPSA) is 24.1 Å². The average molecular weight is 257 g/mol. The maximum atomic E-state index is 5.87. The van der Waals surface area contributed by atoms with Crippen molar-refractivity contribution in [3.63, 3.8) is 0 Å². The number of nitrogens with one attached hydrogen (secondary N) is 2. The van der Waals surface area contributed by atoms with Crippen LogP contribution in [0.5, 0.6) is 0 Å². The molecule has 4 heteroatoms. The van der Waals surface area contributed by atoms with E-state index in [2.05, 4.69) is 31.4 Å². The number of benzene rings is 1. The Morgan fingerprint density at radius 3 is 2.62 bits per heavy atom. The molecule has 2 N–H and O–H groups in total. The summed E-state index contributed by atoms with van der Waals surface area (Å²) in [6.45, 7) is 7.30. The summed E-state index contributed by atoms with van der Waals surface area (Å²) in [6, 6.07) is 7.49. The Labute approximate surface area is 107 Å². The zero-order valence-electron chi connectivity index (χ0n) is 9.80. The van der Waals surface area contributed by atoms with Gasteiger partial charge in [0.05, 0.1) is 0 Å². The highest BCUT2D eigenvalue weighted by Gasteiger charge is 2.10. The van der Waals surface area contributed by atoms with Crippen LogP contribution in [0.15, 0.2) is 24.3 Å². The second-order valence-electron chi connectivity index (χ2n) is 4.88. The molecule has 0 saturated carbocycles. The second-order valence-corrected chi connectivity index (χ2v) is 5.72. The summed E-state index contributed by atoms with van der Waals surface area (Å²) >= 11 is 11.1. The normalized spacial score (nSPS) is 11.0. The minimum atomic E-state index is 0.208. The fourth-order valence-electron chi connectivity index (χ4n) is 1.09. The van der Waals surface area contributed by atoms with E-state index in [0.717, 1.165) is 12.2 Å². The first-order valence-electron chi connectivity index (χ1n) is 5.17. The van der Waals surface area contributed by atoms with Crippen molar-refractivity contribution < 1.29 is 0 Å². The quantitative estimate of drug-likeness (QED) is 0.790. The molecule has 0 aliphatic rings. The van der Waals surface area contributed by atoms with Gasteiger partial charge >= 0.3 is 0 Å². The van der Waals surface area contributed by atoms with Gasteiger partial charge in [0.15, 0.2) is 5.11 Å². The average Bonchev–Trinajstić information content (AvgIpc) is 2.14. The van der Waals surface area contributed by atoms with Crippen molar-refractivity contribution in [3.8, 4) is 0 Å². The fourth-order valence-corrected chi connectivity index (χ4v) is 1.47. The molecule has 16 heavy (non-hydrogen) atoms. The molecule has 1 aromatic carbocycles. The molecule has 0 aromatic heterocycles.